The number of carbonyl (C=O) groups excluding carboxylic acids is 1. The number of hydrogen-bond donors (Lipinski definition) is 1. The summed E-state index contributed by atoms with van der Waals surface area (Å²) in [5.41, 5.74) is 1.32. The maximum absolute atomic E-state index is 12.2. The van der Waals surface area contributed by atoms with E-state index in [0.717, 1.165) is 5.56 Å². The van der Waals surface area contributed by atoms with Gasteiger partial charge in [-0.3, -0.25) is 9.59 Å². The summed E-state index contributed by atoms with van der Waals surface area (Å²) >= 11 is 0. The van der Waals surface area contributed by atoms with E-state index < -0.39 is 11.9 Å². The lowest BCUT2D eigenvalue weighted by Gasteiger charge is -2.19. The maximum atomic E-state index is 12.2. The van der Waals surface area contributed by atoms with Crippen LogP contribution < -0.4 is 0 Å². The molecule has 1 amide bonds. The summed E-state index contributed by atoms with van der Waals surface area (Å²) in [6.45, 7) is 1.73. The van der Waals surface area contributed by atoms with Crippen molar-refractivity contribution in [2.24, 2.45) is 5.92 Å². The lowest BCUT2D eigenvalue weighted by molar-refractivity contribution is -0.141. The highest BCUT2D eigenvalue weighted by Gasteiger charge is 2.18. The van der Waals surface area contributed by atoms with Crippen molar-refractivity contribution in [3.05, 3.63) is 42.4 Å². The summed E-state index contributed by atoms with van der Waals surface area (Å²) in [6, 6.07) is 6.90. The van der Waals surface area contributed by atoms with E-state index in [4.69, 9.17) is 9.52 Å². The molecule has 1 atom stereocenters. The quantitative estimate of drug-likeness (QED) is 0.911. The molecule has 110 valence electrons. The van der Waals surface area contributed by atoms with E-state index in [1.807, 2.05) is 0 Å². The fraction of sp³-hybridized carbons (Fsp3) is 0.267. The zero-order valence-corrected chi connectivity index (χ0v) is 11.8. The van der Waals surface area contributed by atoms with Gasteiger partial charge in [0, 0.05) is 24.7 Å². The van der Waals surface area contributed by atoms with Gasteiger partial charge >= 0.3 is 5.97 Å². The Kier molecular flexibility index (Phi) is 4.37. The van der Waals surface area contributed by atoms with Crippen LogP contribution in [0.3, 0.4) is 0 Å². The molecule has 0 saturated heterocycles. The maximum Gasteiger partial charge on any atom is 0.308 e. The van der Waals surface area contributed by atoms with Crippen LogP contribution in [0.1, 0.15) is 17.3 Å². The van der Waals surface area contributed by atoms with Gasteiger partial charge < -0.3 is 14.4 Å². The Morgan fingerprint density at radius 3 is 2.52 bits per heavy atom. The second-order valence-corrected chi connectivity index (χ2v) is 4.87. The monoisotopic (exact) mass is 288 g/mol. The van der Waals surface area contributed by atoms with Crippen LogP contribution in [-0.2, 0) is 4.79 Å². The van der Waals surface area contributed by atoms with Gasteiger partial charge in [-0.1, -0.05) is 19.1 Å². The molecule has 2 rings (SSSR count). The average molecular weight is 288 g/mol. The number of nitrogens with zero attached hydrogens (tertiary/aromatic N) is 2. The number of carboxylic acids is 1. The number of benzene rings is 1. The summed E-state index contributed by atoms with van der Waals surface area (Å²) in [7, 11) is 1.59. The van der Waals surface area contributed by atoms with Crippen molar-refractivity contribution in [3.8, 4) is 11.3 Å². The van der Waals surface area contributed by atoms with Crippen LogP contribution in [0.4, 0.5) is 0 Å². The minimum Gasteiger partial charge on any atom is -0.481 e. The molecule has 6 heteroatoms. The molecule has 21 heavy (non-hydrogen) atoms. The third-order valence-corrected chi connectivity index (χ3v) is 3.16. The van der Waals surface area contributed by atoms with E-state index in [-0.39, 0.29) is 12.5 Å². The molecule has 2 aromatic rings. The highest BCUT2D eigenvalue weighted by molar-refractivity contribution is 5.94. The summed E-state index contributed by atoms with van der Waals surface area (Å²) in [4.78, 5) is 28.3. The normalized spacial score (nSPS) is 11.9. The van der Waals surface area contributed by atoms with Crippen molar-refractivity contribution in [2.75, 3.05) is 13.6 Å². The number of aromatic nitrogens is 1. The number of carboxylic acid groups (broad SMARTS) is 1. The van der Waals surface area contributed by atoms with Crippen LogP contribution in [0.15, 0.2) is 41.3 Å². The predicted molar refractivity (Wildman–Crippen MR) is 75.7 cm³/mol. The van der Waals surface area contributed by atoms with Crippen LogP contribution in [-0.4, -0.2) is 40.5 Å². The van der Waals surface area contributed by atoms with Crippen molar-refractivity contribution >= 4 is 11.9 Å². The number of rotatable bonds is 5. The molecule has 1 N–H and O–H groups in total. The Labute approximate surface area is 122 Å². The molecule has 0 fully saturated rings. The zero-order chi connectivity index (χ0) is 15.4. The van der Waals surface area contributed by atoms with Crippen molar-refractivity contribution in [1.82, 2.24) is 9.88 Å². The Morgan fingerprint density at radius 2 is 2.00 bits per heavy atom. The van der Waals surface area contributed by atoms with E-state index >= 15 is 0 Å². The molecule has 1 heterocycles. The third kappa shape index (κ3) is 3.47. The molecule has 1 aromatic heterocycles. The molecule has 0 spiro atoms. The van der Waals surface area contributed by atoms with E-state index in [9.17, 15) is 9.59 Å². The molecule has 1 unspecified atom stereocenters. The molecule has 1 aromatic carbocycles. The van der Waals surface area contributed by atoms with Gasteiger partial charge in [-0.15, -0.1) is 0 Å². The zero-order valence-electron chi connectivity index (χ0n) is 11.8. The van der Waals surface area contributed by atoms with E-state index in [1.54, 1.807) is 44.4 Å². The van der Waals surface area contributed by atoms with Gasteiger partial charge in [0.05, 0.1) is 12.1 Å². The molecule has 6 nitrogen and oxygen atoms in total. The van der Waals surface area contributed by atoms with Crippen LogP contribution in [0.25, 0.3) is 11.3 Å². The van der Waals surface area contributed by atoms with Crippen molar-refractivity contribution < 1.29 is 19.1 Å². The van der Waals surface area contributed by atoms with Crippen LogP contribution >= 0.6 is 0 Å². The lowest BCUT2D eigenvalue weighted by atomic mass is 10.1. The molecular formula is C15H16N2O4. The largest absolute Gasteiger partial charge is 0.481 e. The van der Waals surface area contributed by atoms with Gasteiger partial charge in [0.1, 0.15) is 0 Å². The molecule has 0 aliphatic heterocycles. The second-order valence-electron chi connectivity index (χ2n) is 4.87. The van der Waals surface area contributed by atoms with Gasteiger partial charge in [0.25, 0.3) is 5.91 Å². The fourth-order valence-electron chi connectivity index (χ4n) is 1.93. The molecule has 0 radical (unpaired) electrons. The lowest BCUT2D eigenvalue weighted by Crippen LogP contribution is -2.33. The van der Waals surface area contributed by atoms with Crippen LogP contribution in [0.2, 0.25) is 0 Å². The van der Waals surface area contributed by atoms with Crippen LogP contribution in [0, 0.1) is 5.92 Å². The highest BCUT2D eigenvalue weighted by atomic mass is 16.4. The Morgan fingerprint density at radius 1 is 1.33 bits per heavy atom. The van der Waals surface area contributed by atoms with Crippen molar-refractivity contribution in [2.45, 2.75) is 6.92 Å². The molecule has 0 saturated carbocycles. The Hall–Kier alpha value is -2.63. The number of aliphatic carboxylic acids is 1. The first kappa shape index (κ1) is 14.8. The Balaban J connectivity index is 2.07. The number of amides is 1. The SMILES string of the molecule is CC(CN(C)C(=O)c1ccc(-c2cnco2)cc1)C(=O)O. The Bertz CT molecular complexity index is 620. The number of oxazole rings is 1. The van der Waals surface area contributed by atoms with E-state index in [1.165, 1.54) is 11.3 Å². The smallest absolute Gasteiger partial charge is 0.308 e. The number of hydrogen-bond acceptors (Lipinski definition) is 4. The van der Waals surface area contributed by atoms with Gasteiger partial charge in [-0.2, -0.15) is 0 Å². The minimum absolute atomic E-state index is 0.165. The molecule has 0 bridgehead atoms. The van der Waals surface area contributed by atoms with E-state index in [0.29, 0.717) is 11.3 Å². The van der Waals surface area contributed by atoms with Gasteiger partial charge in [-0.05, 0) is 12.1 Å². The third-order valence-electron chi connectivity index (χ3n) is 3.16. The first-order chi connectivity index (χ1) is 9.99. The molecule has 0 aliphatic rings. The summed E-state index contributed by atoms with van der Waals surface area (Å²) in [5, 5.41) is 8.87. The average Bonchev–Trinajstić information content (AvgIpc) is 3.00. The summed E-state index contributed by atoms with van der Waals surface area (Å²) in [6.07, 6.45) is 2.94. The summed E-state index contributed by atoms with van der Waals surface area (Å²) < 4.78 is 5.17. The standard InChI is InChI=1S/C15H16N2O4/c1-10(15(19)20)8-17(2)14(18)12-5-3-11(4-6-12)13-7-16-9-21-13/h3-7,9-10H,8H2,1-2H3,(H,19,20). The van der Waals surface area contributed by atoms with E-state index in [2.05, 4.69) is 4.98 Å². The van der Waals surface area contributed by atoms with Gasteiger partial charge in [0.2, 0.25) is 0 Å². The molecule has 0 aliphatic carbocycles. The van der Waals surface area contributed by atoms with Crippen LogP contribution in [0.5, 0.6) is 0 Å². The first-order valence-corrected chi connectivity index (χ1v) is 6.46. The first-order valence-electron chi connectivity index (χ1n) is 6.46. The predicted octanol–water partition coefficient (Wildman–Crippen LogP) is 2.13. The van der Waals surface area contributed by atoms with Crippen molar-refractivity contribution in [1.29, 1.82) is 0 Å². The second kappa shape index (κ2) is 6.21. The topological polar surface area (TPSA) is 83.6 Å². The molecular weight excluding hydrogens is 272 g/mol. The van der Waals surface area contributed by atoms with Crippen molar-refractivity contribution in [3.63, 3.8) is 0 Å². The fourth-order valence-corrected chi connectivity index (χ4v) is 1.93. The van der Waals surface area contributed by atoms with Gasteiger partial charge in [-0.25, -0.2) is 4.98 Å². The number of carbonyl (C=O) groups is 2. The van der Waals surface area contributed by atoms with Gasteiger partial charge in [0.15, 0.2) is 12.2 Å². The summed E-state index contributed by atoms with van der Waals surface area (Å²) in [5.74, 6) is -1.11. The minimum atomic E-state index is -0.921. The highest BCUT2D eigenvalue weighted by Crippen LogP contribution is 2.19.